The second-order valence-electron chi connectivity index (χ2n) is 8.48. The predicted octanol–water partition coefficient (Wildman–Crippen LogP) is 5.03. The number of hydrogen-bond donors (Lipinski definition) is 2. The topological polar surface area (TPSA) is 66.9 Å². The second kappa shape index (κ2) is 9.46. The van der Waals surface area contributed by atoms with Crippen molar-refractivity contribution in [2.75, 3.05) is 18.4 Å². The molecule has 0 radical (unpaired) electrons. The van der Waals surface area contributed by atoms with Crippen molar-refractivity contribution in [3.63, 3.8) is 0 Å². The first-order valence-electron chi connectivity index (χ1n) is 11.2. The average Bonchev–Trinajstić information content (AvgIpc) is 2.85. The van der Waals surface area contributed by atoms with Crippen molar-refractivity contribution in [3.8, 4) is 11.1 Å². The zero-order chi connectivity index (χ0) is 22.6. The van der Waals surface area contributed by atoms with E-state index < -0.39 is 0 Å². The number of carbonyl (C=O) groups is 1. The Kier molecular flexibility index (Phi) is 6.09. The Bertz CT molecular complexity index is 1280. The minimum Gasteiger partial charge on any atom is -0.381 e. The lowest BCUT2D eigenvalue weighted by atomic mass is 10.0. The molecule has 0 bridgehead atoms. The number of pyridine rings is 2. The first kappa shape index (κ1) is 21.2. The molecule has 0 atom stereocenters. The van der Waals surface area contributed by atoms with Crippen LogP contribution in [0.2, 0.25) is 0 Å². The highest BCUT2D eigenvalue weighted by atomic mass is 19.1. The summed E-state index contributed by atoms with van der Waals surface area (Å²) in [6.07, 6.45) is 7.91. The molecule has 6 heteroatoms. The van der Waals surface area contributed by atoms with Gasteiger partial charge in [0.15, 0.2) is 5.78 Å². The van der Waals surface area contributed by atoms with Gasteiger partial charge in [-0.05, 0) is 79.3 Å². The van der Waals surface area contributed by atoms with Crippen molar-refractivity contribution >= 4 is 22.2 Å². The van der Waals surface area contributed by atoms with Crippen LogP contribution in [0.1, 0.15) is 28.9 Å². The second-order valence-corrected chi connectivity index (χ2v) is 8.48. The number of aromatic nitrogens is 2. The van der Waals surface area contributed by atoms with Crippen molar-refractivity contribution < 1.29 is 9.18 Å². The van der Waals surface area contributed by atoms with Crippen LogP contribution >= 0.6 is 0 Å². The molecular weight excluding hydrogens is 415 g/mol. The maximum atomic E-state index is 13.1. The molecular formula is C27H25FN4O. The quantitative estimate of drug-likeness (QED) is 0.412. The van der Waals surface area contributed by atoms with E-state index >= 15 is 0 Å². The summed E-state index contributed by atoms with van der Waals surface area (Å²) in [6.45, 7) is 2.07. The number of Topliss-reactive ketones (excluding diaryl/α,β-unsaturated/α-hetero) is 1. The molecule has 1 aliphatic rings. The summed E-state index contributed by atoms with van der Waals surface area (Å²) < 4.78 is 13.1. The normalized spacial score (nSPS) is 14.3. The van der Waals surface area contributed by atoms with Crippen LogP contribution in [0.25, 0.3) is 21.9 Å². The number of anilines is 1. The molecule has 1 aliphatic heterocycles. The number of rotatable bonds is 6. The molecule has 0 spiro atoms. The third kappa shape index (κ3) is 5.07. The van der Waals surface area contributed by atoms with Crippen molar-refractivity contribution in [1.29, 1.82) is 0 Å². The van der Waals surface area contributed by atoms with Gasteiger partial charge in [0, 0.05) is 46.8 Å². The van der Waals surface area contributed by atoms with E-state index in [9.17, 15) is 9.18 Å². The smallest absolute Gasteiger partial charge is 0.168 e. The highest BCUT2D eigenvalue weighted by molar-refractivity contribution is 5.98. The van der Waals surface area contributed by atoms with Gasteiger partial charge in [0.1, 0.15) is 5.82 Å². The van der Waals surface area contributed by atoms with Crippen molar-refractivity contribution in [2.24, 2.45) is 0 Å². The number of halogens is 1. The number of nitrogens with zero attached hydrogens (tertiary/aromatic N) is 2. The summed E-state index contributed by atoms with van der Waals surface area (Å²) in [6, 6.07) is 16.4. The molecule has 0 unspecified atom stereocenters. The van der Waals surface area contributed by atoms with E-state index in [1.54, 1.807) is 6.20 Å². The molecule has 3 heterocycles. The summed E-state index contributed by atoms with van der Waals surface area (Å²) in [4.78, 5) is 21.5. The van der Waals surface area contributed by atoms with Crippen LogP contribution in [0.5, 0.6) is 0 Å². The van der Waals surface area contributed by atoms with Crippen molar-refractivity contribution in [1.82, 2.24) is 15.3 Å². The zero-order valence-electron chi connectivity index (χ0n) is 18.2. The van der Waals surface area contributed by atoms with Crippen LogP contribution in [0.15, 0.2) is 73.2 Å². The lowest BCUT2D eigenvalue weighted by molar-refractivity contribution is 0.0992. The molecule has 33 heavy (non-hydrogen) atoms. The monoisotopic (exact) mass is 440 g/mol. The highest BCUT2D eigenvalue weighted by Crippen LogP contribution is 2.27. The molecule has 5 nitrogen and oxygen atoms in total. The Morgan fingerprint density at radius 1 is 0.939 bits per heavy atom. The van der Waals surface area contributed by atoms with E-state index in [4.69, 9.17) is 0 Å². The van der Waals surface area contributed by atoms with Gasteiger partial charge in [-0.3, -0.25) is 14.8 Å². The number of carbonyl (C=O) groups excluding carboxylic acids is 1. The molecule has 2 N–H and O–H groups in total. The molecule has 1 saturated heterocycles. The van der Waals surface area contributed by atoms with E-state index in [0.29, 0.717) is 17.3 Å². The molecule has 1 fully saturated rings. The van der Waals surface area contributed by atoms with E-state index in [1.807, 2.05) is 24.5 Å². The Morgan fingerprint density at radius 3 is 2.58 bits per heavy atom. The number of hydrogen-bond acceptors (Lipinski definition) is 5. The minimum atomic E-state index is -0.354. The van der Waals surface area contributed by atoms with Gasteiger partial charge in [0.05, 0.1) is 12.1 Å². The molecule has 166 valence electrons. The third-order valence-corrected chi connectivity index (χ3v) is 6.07. The third-order valence-electron chi connectivity index (χ3n) is 6.07. The Labute approximate surface area is 192 Å². The summed E-state index contributed by atoms with van der Waals surface area (Å²) in [5.74, 6) is -0.439. The molecule has 0 saturated carbocycles. The number of nitrogens with one attached hydrogen (secondary N) is 2. The highest BCUT2D eigenvalue weighted by Gasteiger charge is 2.13. The minimum absolute atomic E-state index is 0.0844. The van der Waals surface area contributed by atoms with Crippen LogP contribution in [-0.4, -0.2) is 34.9 Å². The largest absolute Gasteiger partial charge is 0.381 e. The average molecular weight is 441 g/mol. The number of ketones is 1. The summed E-state index contributed by atoms with van der Waals surface area (Å²) in [5.41, 5.74) is 4.30. The number of benzene rings is 2. The number of piperidine rings is 1. The fraction of sp³-hybridized carbons (Fsp3) is 0.222. The maximum Gasteiger partial charge on any atom is 0.168 e. The summed E-state index contributed by atoms with van der Waals surface area (Å²) in [5, 5.41) is 9.01. The van der Waals surface area contributed by atoms with E-state index in [1.165, 1.54) is 24.3 Å². The first-order valence-corrected chi connectivity index (χ1v) is 11.2. The Balaban J connectivity index is 1.37. The molecule has 0 aliphatic carbocycles. The summed E-state index contributed by atoms with van der Waals surface area (Å²) >= 11 is 0. The van der Waals surface area contributed by atoms with E-state index in [-0.39, 0.29) is 18.0 Å². The van der Waals surface area contributed by atoms with Crippen LogP contribution in [-0.2, 0) is 6.42 Å². The molecule has 5 rings (SSSR count). The van der Waals surface area contributed by atoms with Crippen LogP contribution in [0.3, 0.4) is 0 Å². The molecule has 2 aromatic heterocycles. The van der Waals surface area contributed by atoms with Gasteiger partial charge < -0.3 is 10.6 Å². The van der Waals surface area contributed by atoms with Gasteiger partial charge in [-0.2, -0.15) is 0 Å². The van der Waals surface area contributed by atoms with Crippen molar-refractivity contribution in [3.05, 3.63) is 90.3 Å². The van der Waals surface area contributed by atoms with Crippen LogP contribution < -0.4 is 10.6 Å². The van der Waals surface area contributed by atoms with Crippen LogP contribution in [0.4, 0.5) is 10.1 Å². The van der Waals surface area contributed by atoms with Gasteiger partial charge in [-0.1, -0.05) is 12.1 Å². The molecule has 2 aromatic carbocycles. The zero-order valence-corrected chi connectivity index (χ0v) is 18.2. The van der Waals surface area contributed by atoms with Crippen molar-refractivity contribution in [2.45, 2.75) is 25.3 Å². The fourth-order valence-electron chi connectivity index (χ4n) is 4.24. The van der Waals surface area contributed by atoms with Crippen LogP contribution in [0, 0.1) is 5.82 Å². The standard InChI is InChI=1S/C27H25FN4O/c28-23-5-3-18(4-6-23)27(33)14-25-12-21-11-19(1-2-20(21)16-31-25)22-13-26(17-30-15-22)32-24-7-9-29-10-8-24/h1-6,11-13,15-17,24,29,32H,7-10,14H2. The van der Waals surface area contributed by atoms with E-state index in [2.05, 4.69) is 38.8 Å². The van der Waals surface area contributed by atoms with Gasteiger partial charge in [0.2, 0.25) is 0 Å². The van der Waals surface area contributed by atoms with Gasteiger partial charge in [0.25, 0.3) is 0 Å². The van der Waals surface area contributed by atoms with E-state index in [0.717, 1.165) is 53.5 Å². The fourth-order valence-corrected chi connectivity index (χ4v) is 4.24. The Morgan fingerprint density at radius 2 is 1.76 bits per heavy atom. The Hall–Kier alpha value is -3.64. The lowest BCUT2D eigenvalue weighted by Gasteiger charge is -2.24. The first-order chi connectivity index (χ1) is 16.1. The maximum absolute atomic E-state index is 13.1. The molecule has 0 amide bonds. The molecule has 4 aromatic rings. The van der Waals surface area contributed by atoms with Gasteiger partial charge in [-0.15, -0.1) is 0 Å². The lowest BCUT2D eigenvalue weighted by Crippen LogP contribution is -2.35. The number of fused-ring (bicyclic) bond motifs is 1. The summed E-state index contributed by atoms with van der Waals surface area (Å²) in [7, 11) is 0. The van der Waals surface area contributed by atoms with Gasteiger partial charge in [-0.25, -0.2) is 4.39 Å². The SMILES string of the molecule is O=C(Cc1cc2cc(-c3cncc(NC4CCNCC4)c3)ccc2cn1)c1ccc(F)cc1. The predicted molar refractivity (Wildman–Crippen MR) is 129 cm³/mol. The van der Waals surface area contributed by atoms with Gasteiger partial charge >= 0.3 is 0 Å².